The van der Waals surface area contributed by atoms with Crippen molar-refractivity contribution in [1.82, 2.24) is 20.7 Å². The second-order valence-corrected chi connectivity index (χ2v) is 5.49. The van der Waals surface area contributed by atoms with Crippen molar-refractivity contribution in [3.63, 3.8) is 0 Å². The second-order valence-electron chi connectivity index (χ2n) is 5.49. The number of rotatable bonds is 5. The third-order valence-corrected chi connectivity index (χ3v) is 3.67. The Morgan fingerprint density at radius 3 is 3.00 bits per heavy atom. The van der Waals surface area contributed by atoms with E-state index in [2.05, 4.69) is 20.8 Å². The number of carbonyl (C=O) groups excluding carboxylic acids is 1. The molecule has 0 bridgehead atoms. The molecule has 1 atom stereocenters. The van der Waals surface area contributed by atoms with Crippen molar-refractivity contribution in [2.45, 2.75) is 45.7 Å². The molecule has 0 spiro atoms. The van der Waals surface area contributed by atoms with Gasteiger partial charge in [0.1, 0.15) is 6.54 Å². The summed E-state index contributed by atoms with van der Waals surface area (Å²) in [4.78, 5) is 17.8. The molecule has 22 heavy (non-hydrogen) atoms. The monoisotopic (exact) mass is 307 g/mol. The standard InChI is InChI=1S/C15H25N5O2/c1-4-11-8-13(22-19-11)9-17-15(16-5-2)18-12-6-7-14(21)20(3)10-12/h8,12H,4-7,9-10H2,1-3H3,(H2,16,17,18). The molecular formula is C15H25N5O2. The molecule has 1 saturated heterocycles. The number of guanidine groups is 1. The van der Waals surface area contributed by atoms with Crippen LogP contribution in [0.25, 0.3) is 0 Å². The van der Waals surface area contributed by atoms with Crippen molar-refractivity contribution in [2.75, 3.05) is 20.1 Å². The predicted octanol–water partition coefficient (Wildman–Crippen LogP) is 0.913. The smallest absolute Gasteiger partial charge is 0.222 e. The molecule has 1 aromatic heterocycles. The van der Waals surface area contributed by atoms with Crippen LogP contribution in [0.5, 0.6) is 0 Å². The number of likely N-dealkylation sites (tertiary alicyclic amines) is 1. The maximum Gasteiger partial charge on any atom is 0.222 e. The average molecular weight is 307 g/mol. The lowest BCUT2D eigenvalue weighted by Crippen LogP contribution is -2.51. The normalized spacial score (nSPS) is 19.4. The molecule has 1 aliphatic rings. The zero-order valence-electron chi connectivity index (χ0n) is 13.6. The molecular weight excluding hydrogens is 282 g/mol. The number of hydrogen-bond acceptors (Lipinski definition) is 4. The Balaban J connectivity index is 1.93. The number of nitrogens with zero attached hydrogens (tertiary/aromatic N) is 3. The Morgan fingerprint density at radius 2 is 2.36 bits per heavy atom. The van der Waals surface area contributed by atoms with E-state index in [0.717, 1.165) is 36.8 Å². The number of piperidine rings is 1. The van der Waals surface area contributed by atoms with Crippen molar-refractivity contribution in [3.05, 3.63) is 17.5 Å². The first-order valence-electron chi connectivity index (χ1n) is 7.85. The van der Waals surface area contributed by atoms with Crippen molar-refractivity contribution in [2.24, 2.45) is 4.99 Å². The van der Waals surface area contributed by atoms with Gasteiger partial charge in [-0.15, -0.1) is 0 Å². The molecule has 2 N–H and O–H groups in total. The third kappa shape index (κ3) is 4.47. The summed E-state index contributed by atoms with van der Waals surface area (Å²) in [5, 5.41) is 10.6. The van der Waals surface area contributed by atoms with Crippen LogP contribution in [-0.4, -0.2) is 48.1 Å². The van der Waals surface area contributed by atoms with E-state index in [9.17, 15) is 4.79 Å². The lowest BCUT2D eigenvalue weighted by atomic mass is 10.1. The summed E-state index contributed by atoms with van der Waals surface area (Å²) >= 11 is 0. The van der Waals surface area contributed by atoms with Gasteiger partial charge in [0.25, 0.3) is 0 Å². The topological polar surface area (TPSA) is 82.8 Å². The minimum atomic E-state index is 0.203. The summed E-state index contributed by atoms with van der Waals surface area (Å²) < 4.78 is 5.24. The number of amides is 1. The highest BCUT2D eigenvalue weighted by Gasteiger charge is 2.23. The molecule has 7 nitrogen and oxygen atoms in total. The van der Waals surface area contributed by atoms with Gasteiger partial charge in [-0.1, -0.05) is 12.1 Å². The number of nitrogens with one attached hydrogen (secondary N) is 2. The number of carbonyl (C=O) groups is 1. The van der Waals surface area contributed by atoms with Crippen LogP contribution >= 0.6 is 0 Å². The van der Waals surface area contributed by atoms with E-state index in [1.54, 1.807) is 4.90 Å². The van der Waals surface area contributed by atoms with E-state index in [1.165, 1.54) is 0 Å². The van der Waals surface area contributed by atoms with Gasteiger partial charge in [-0.2, -0.15) is 0 Å². The molecule has 1 amide bonds. The first kappa shape index (κ1) is 16.3. The molecule has 2 heterocycles. The molecule has 1 unspecified atom stereocenters. The molecule has 0 saturated carbocycles. The van der Waals surface area contributed by atoms with Crippen LogP contribution in [0.15, 0.2) is 15.6 Å². The Labute approximate surface area is 131 Å². The highest BCUT2D eigenvalue weighted by atomic mass is 16.5. The van der Waals surface area contributed by atoms with Crippen LogP contribution in [0.3, 0.4) is 0 Å². The molecule has 122 valence electrons. The first-order valence-corrected chi connectivity index (χ1v) is 7.85. The molecule has 0 aliphatic carbocycles. The average Bonchev–Trinajstić information content (AvgIpc) is 2.97. The Kier molecular flexibility index (Phi) is 5.80. The molecule has 2 rings (SSSR count). The number of aliphatic imine (C=N–C) groups is 1. The van der Waals surface area contributed by atoms with Gasteiger partial charge < -0.3 is 20.1 Å². The maximum atomic E-state index is 11.5. The summed E-state index contributed by atoms with van der Waals surface area (Å²) in [5.41, 5.74) is 0.940. The summed E-state index contributed by atoms with van der Waals surface area (Å²) in [7, 11) is 1.83. The van der Waals surface area contributed by atoms with E-state index in [1.807, 2.05) is 27.0 Å². The van der Waals surface area contributed by atoms with Crippen molar-refractivity contribution >= 4 is 11.9 Å². The fourth-order valence-electron chi connectivity index (χ4n) is 2.40. The van der Waals surface area contributed by atoms with E-state index >= 15 is 0 Å². The van der Waals surface area contributed by atoms with Crippen LogP contribution in [0, 0.1) is 0 Å². The van der Waals surface area contributed by atoms with E-state index in [0.29, 0.717) is 19.5 Å². The Hall–Kier alpha value is -2.05. The van der Waals surface area contributed by atoms with Gasteiger partial charge in [0, 0.05) is 38.7 Å². The van der Waals surface area contributed by atoms with Crippen LogP contribution in [-0.2, 0) is 17.8 Å². The summed E-state index contributed by atoms with van der Waals surface area (Å²) in [6.07, 6.45) is 2.26. The van der Waals surface area contributed by atoms with Crippen molar-refractivity contribution in [1.29, 1.82) is 0 Å². The van der Waals surface area contributed by atoms with Gasteiger partial charge in [0.15, 0.2) is 11.7 Å². The van der Waals surface area contributed by atoms with E-state index in [4.69, 9.17) is 4.52 Å². The molecule has 1 aliphatic heterocycles. The lowest BCUT2D eigenvalue weighted by molar-refractivity contribution is -0.132. The SMILES string of the molecule is CCNC(=NCc1cc(CC)no1)NC1CCC(=O)N(C)C1. The van der Waals surface area contributed by atoms with Gasteiger partial charge in [-0.25, -0.2) is 4.99 Å². The van der Waals surface area contributed by atoms with Gasteiger partial charge >= 0.3 is 0 Å². The maximum absolute atomic E-state index is 11.5. The van der Waals surface area contributed by atoms with Gasteiger partial charge in [0.05, 0.1) is 5.69 Å². The fourth-order valence-corrected chi connectivity index (χ4v) is 2.40. The lowest BCUT2D eigenvalue weighted by Gasteiger charge is -2.31. The van der Waals surface area contributed by atoms with E-state index < -0.39 is 0 Å². The quantitative estimate of drug-likeness (QED) is 0.624. The minimum Gasteiger partial charge on any atom is -0.359 e. The molecule has 1 aromatic rings. The highest BCUT2D eigenvalue weighted by Crippen LogP contribution is 2.10. The molecule has 7 heteroatoms. The van der Waals surface area contributed by atoms with Crippen LogP contribution < -0.4 is 10.6 Å². The van der Waals surface area contributed by atoms with Gasteiger partial charge in [-0.05, 0) is 19.8 Å². The Bertz CT molecular complexity index is 526. The highest BCUT2D eigenvalue weighted by molar-refractivity contribution is 5.81. The largest absolute Gasteiger partial charge is 0.359 e. The van der Waals surface area contributed by atoms with Crippen molar-refractivity contribution in [3.8, 4) is 0 Å². The van der Waals surface area contributed by atoms with Crippen LogP contribution in [0.2, 0.25) is 0 Å². The van der Waals surface area contributed by atoms with Gasteiger partial charge in [-0.3, -0.25) is 4.79 Å². The number of aromatic nitrogens is 1. The molecule has 0 radical (unpaired) electrons. The zero-order valence-corrected chi connectivity index (χ0v) is 13.6. The van der Waals surface area contributed by atoms with Crippen LogP contribution in [0.4, 0.5) is 0 Å². The third-order valence-electron chi connectivity index (χ3n) is 3.67. The minimum absolute atomic E-state index is 0.203. The molecule has 0 aromatic carbocycles. The number of hydrogen-bond donors (Lipinski definition) is 2. The second kappa shape index (κ2) is 7.82. The Morgan fingerprint density at radius 1 is 1.55 bits per heavy atom. The molecule has 1 fully saturated rings. The summed E-state index contributed by atoms with van der Waals surface area (Å²) in [6.45, 7) is 5.99. The predicted molar refractivity (Wildman–Crippen MR) is 84.5 cm³/mol. The summed E-state index contributed by atoms with van der Waals surface area (Å²) in [6, 6.07) is 2.15. The van der Waals surface area contributed by atoms with Gasteiger partial charge in [0.2, 0.25) is 5.91 Å². The zero-order chi connectivity index (χ0) is 15.9. The van der Waals surface area contributed by atoms with Crippen LogP contribution in [0.1, 0.15) is 38.1 Å². The number of aryl methyl sites for hydroxylation is 1. The fraction of sp³-hybridized carbons (Fsp3) is 0.667. The summed E-state index contributed by atoms with van der Waals surface area (Å²) in [5.74, 6) is 1.70. The number of likely N-dealkylation sites (N-methyl/N-ethyl adjacent to an activating group) is 1. The van der Waals surface area contributed by atoms with Crippen molar-refractivity contribution < 1.29 is 9.32 Å². The van der Waals surface area contributed by atoms with E-state index in [-0.39, 0.29) is 11.9 Å². The first-order chi connectivity index (χ1) is 10.6.